The molecular weight excluding hydrogens is 307 g/mol. The van der Waals surface area contributed by atoms with Crippen molar-refractivity contribution in [1.29, 1.82) is 0 Å². The Morgan fingerprint density at radius 1 is 1.17 bits per heavy atom. The first-order chi connectivity index (χ1) is 11.6. The Labute approximate surface area is 141 Å². The molecule has 0 aliphatic carbocycles. The van der Waals surface area contributed by atoms with Gasteiger partial charge >= 0.3 is 0 Å². The van der Waals surface area contributed by atoms with Crippen molar-refractivity contribution in [1.82, 2.24) is 10.2 Å². The van der Waals surface area contributed by atoms with Gasteiger partial charge in [0, 0.05) is 12.1 Å². The topological polar surface area (TPSA) is 45.5 Å². The summed E-state index contributed by atoms with van der Waals surface area (Å²) >= 11 is 0. The Bertz CT molecular complexity index is 675. The second kappa shape index (κ2) is 7.62. The van der Waals surface area contributed by atoms with Gasteiger partial charge in [0.1, 0.15) is 17.3 Å². The van der Waals surface area contributed by atoms with Crippen LogP contribution in [-0.4, -0.2) is 30.4 Å². The summed E-state index contributed by atoms with van der Waals surface area (Å²) in [6, 6.07) is 9.56. The van der Waals surface area contributed by atoms with Gasteiger partial charge in [0.05, 0.1) is 6.04 Å². The molecule has 24 heavy (non-hydrogen) atoms. The van der Waals surface area contributed by atoms with Crippen molar-refractivity contribution in [2.75, 3.05) is 19.6 Å². The Balaban J connectivity index is 1.69. The van der Waals surface area contributed by atoms with Crippen LogP contribution in [0.25, 0.3) is 0 Å². The van der Waals surface area contributed by atoms with E-state index in [1.807, 2.05) is 19.1 Å². The van der Waals surface area contributed by atoms with E-state index in [4.69, 9.17) is 4.42 Å². The number of aryl methyl sites for hydroxylation is 1. The average molecular weight is 330 g/mol. The van der Waals surface area contributed by atoms with E-state index < -0.39 is 0 Å². The van der Waals surface area contributed by atoms with Gasteiger partial charge in [-0.3, -0.25) is 9.69 Å². The van der Waals surface area contributed by atoms with E-state index in [-0.39, 0.29) is 17.8 Å². The van der Waals surface area contributed by atoms with Gasteiger partial charge in [-0.2, -0.15) is 0 Å². The highest BCUT2D eigenvalue weighted by molar-refractivity contribution is 5.94. The number of halogens is 1. The van der Waals surface area contributed by atoms with Crippen LogP contribution in [0.15, 0.2) is 40.8 Å². The minimum Gasteiger partial charge on any atom is -0.465 e. The van der Waals surface area contributed by atoms with Gasteiger partial charge in [0.2, 0.25) is 0 Å². The average Bonchev–Trinajstić information content (AvgIpc) is 3.02. The van der Waals surface area contributed by atoms with E-state index in [0.717, 1.165) is 24.6 Å². The number of carbonyl (C=O) groups excluding carboxylic acids is 1. The van der Waals surface area contributed by atoms with E-state index in [2.05, 4.69) is 10.2 Å². The number of hydrogen-bond acceptors (Lipinski definition) is 3. The van der Waals surface area contributed by atoms with Gasteiger partial charge in [0.15, 0.2) is 0 Å². The van der Waals surface area contributed by atoms with Crippen molar-refractivity contribution in [2.24, 2.45) is 0 Å². The summed E-state index contributed by atoms with van der Waals surface area (Å²) in [7, 11) is 0. The molecule has 0 radical (unpaired) electrons. The molecule has 1 atom stereocenters. The summed E-state index contributed by atoms with van der Waals surface area (Å²) in [4.78, 5) is 14.7. The third-order valence-electron chi connectivity index (χ3n) is 4.48. The van der Waals surface area contributed by atoms with Crippen LogP contribution < -0.4 is 5.32 Å². The number of furan rings is 1. The number of nitrogens with zero attached hydrogens (tertiary/aromatic N) is 1. The van der Waals surface area contributed by atoms with E-state index >= 15 is 0 Å². The molecule has 0 bridgehead atoms. The minimum absolute atomic E-state index is 0.0309. The molecule has 5 heteroatoms. The lowest BCUT2D eigenvalue weighted by Gasteiger charge is -2.33. The SMILES string of the molecule is Cc1ccc([C@@H](CNC(=O)c2ccc(F)cc2)N2CCCCC2)o1. The van der Waals surface area contributed by atoms with Gasteiger partial charge in [0.25, 0.3) is 5.91 Å². The first kappa shape index (κ1) is 16.7. The highest BCUT2D eigenvalue weighted by atomic mass is 19.1. The van der Waals surface area contributed by atoms with E-state index in [1.165, 1.54) is 43.5 Å². The normalized spacial score (nSPS) is 16.8. The zero-order valence-corrected chi connectivity index (χ0v) is 13.9. The molecule has 0 unspecified atom stereocenters. The van der Waals surface area contributed by atoms with Crippen LogP contribution >= 0.6 is 0 Å². The number of amides is 1. The van der Waals surface area contributed by atoms with Gasteiger partial charge in [-0.05, 0) is 69.3 Å². The quantitative estimate of drug-likeness (QED) is 0.909. The molecule has 1 aliphatic rings. The van der Waals surface area contributed by atoms with Gasteiger partial charge < -0.3 is 9.73 Å². The standard InChI is InChI=1S/C19H23FN2O2/c1-14-5-10-18(24-14)17(22-11-3-2-4-12-22)13-21-19(23)15-6-8-16(20)9-7-15/h5-10,17H,2-4,11-13H2,1H3,(H,21,23)/t17-/m1/s1. The molecular formula is C19H23FN2O2. The van der Waals surface area contributed by atoms with Gasteiger partial charge in [-0.15, -0.1) is 0 Å². The molecule has 1 fully saturated rings. The summed E-state index contributed by atoms with van der Waals surface area (Å²) in [5, 5.41) is 2.96. The number of hydrogen-bond donors (Lipinski definition) is 1. The molecule has 1 aliphatic heterocycles. The fraction of sp³-hybridized carbons (Fsp3) is 0.421. The Morgan fingerprint density at radius 2 is 1.88 bits per heavy atom. The van der Waals surface area contributed by atoms with E-state index in [9.17, 15) is 9.18 Å². The Kier molecular flexibility index (Phi) is 5.30. The molecule has 1 aromatic carbocycles. The van der Waals surface area contributed by atoms with Crippen LogP contribution in [0.5, 0.6) is 0 Å². The van der Waals surface area contributed by atoms with Crippen LogP contribution in [0, 0.1) is 12.7 Å². The first-order valence-corrected chi connectivity index (χ1v) is 8.47. The Hall–Kier alpha value is -2.14. The summed E-state index contributed by atoms with van der Waals surface area (Å²) in [5.41, 5.74) is 0.462. The molecule has 3 rings (SSSR count). The molecule has 1 amide bonds. The fourth-order valence-corrected chi connectivity index (χ4v) is 3.16. The number of likely N-dealkylation sites (tertiary alicyclic amines) is 1. The number of nitrogens with one attached hydrogen (secondary N) is 1. The maximum absolute atomic E-state index is 13.0. The van der Waals surface area contributed by atoms with Crippen LogP contribution in [-0.2, 0) is 0 Å². The molecule has 4 nitrogen and oxygen atoms in total. The number of carbonyl (C=O) groups is 1. The van der Waals surface area contributed by atoms with Crippen molar-refractivity contribution >= 4 is 5.91 Å². The lowest BCUT2D eigenvalue weighted by atomic mass is 10.1. The fourth-order valence-electron chi connectivity index (χ4n) is 3.16. The lowest BCUT2D eigenvalue weighted by molar-refractivity contribution is 0.0913. The molecule has 1 N–H and O–H groups in total. The molecule has 2 heterocycles. The first-order valence-electron chi connectivity index (χ1n) is 8.47. The largest absolute Gasteiger partial charge is 0.465 e. The van der Waals surface area contributed by atoms with Crippen molar-refractivity contribution in [3.63, 3.8) is 0 Å². The number of piperidine rings is 1. The smallest absolute Gasteiger partial charge is 0.251 e. The minimum atomic E-state index is -0.344. The second-order valence-corrected chi connectivity index (χ2v) is 6.28. The zero-order valence-electron chi connectivity index (χ0n) is 13.9. The predicted molar refractivity (Wildman–Crippen MR) is 90.3 cm³/mol. The van der Waals surface area contributed by atoms with Crippen LogP contribution in [0.3, 0.4) is 0 Å². The Morgan fingerprint density at radius 3 is 2.50 bits per heavy atom. The molecule has 1 aromatic heterocycles. The van der Waals surface area contributed by atoms with Crippen LogP contribution in [0.1, 0.15) is 47.2 Å². The summed E-state index contributed by atoms with van der Waals surface area (Å²) in [5.74, 6) is 1.22. The number of benzene rings is 1. The van der Waals surface area contributed by atoms with Gasteiger partial charge in [-0.25, -0.2) is 4.39 Å². The predicted octanol–water partition coefficient (Wildman–Crippen LogP) is 3.68. The maximum Gasteiger partial charge on any atom is 0.251 e. The zero-order chi connectivity index (χ0) is 16.9. The van der Waals surface area contributed by atoms with Crippen molar-refractivity contribution in [3.8, 4) is 0 Å². The second-order valence-electron chi connectivity index (χ2n) is 6.28. The van der Waals surface area contributed by atoms with Crippen molar-refractivity contribution in [2.45, 2.75) is 32.2 Å². The third kappa shape index (κ3) is 4.03. The summed E-state index contributed by atoms with van der Waals surface area (Å²) in [6.07, 6.45) is 3.59. The summed E-state index contributed by atoms with van der Waals surface area (Å²) in [6.45, 7) is 4.42. The van der Waals surface area contributed by atoms with Crippen molar-refractivity contribution in [3.05, 3.63) is 59.3 Å². The monoisotopic (exact) mass is 330 g/mol. The molecule has 2 aromatic rings. The molecule has 0 saturated carbocycles. The molecule has 128 valence electrons. The highest BCUT2D eigenvalue weighted by Crippen LogP contribution is 2.25. The maximum atomic E-state index is 13.0. The lowest BCUT2D eigenvalue weighted by Crippen LogP contribution is -2.40. The van der Waals surface area contributed by atoms with E-state index in [1.54, 1.807) is 0 Å². The number of rotatable bonds is 5. The highest BCUT2D eigenvalue weighted by Gasteiger charge is 2.25. The van der Waals surface area contributed by atoms with Crippen LogP contribution in [0.2, 0.25) is 0 Å². The molecule has 0 spiro atoms. The molecule has 1 saturated heterocycles. The van der Waals surface area contributed by atoms with Crippen molar-refractivity contribution < 1.29 is 13.6 Å². The van der Waals surface area contributed by atoms with Gasteiger partial charge in [-0.1, -0.05) is 6.42 Å². The van der Waals surface area contributed by atoms with E-state index in [0.29, 0.717) is 12.1 Å². The van der Waals surface area contributed by atoms with Crippen LogP contribution in [0.4, 0.5) is 4.39 Å². The summed E-state index contributed by atoms with van der Waals surface area (Å²) < 4.78 is 18.8. The third-order valence-corrected chi connectivity index (χ3v) is 4.48.